The normalized spacial score (nSPS) is 12.7. The van der Waals surface area contributed by atoms with Crippen molar-refractivity contribution >= 4 is 43.5 Å². The van der Waals surface area contributed by atoms with Crippen LogP contribution in [0.15, 0.2) is 0 Å². The van der Waals surface area contributed by atoms with Crippen molar-refractivity contribution in [1.82, 2.24) is 26.5 Å². The Hall–Kier alpha value is -3.20. The Balaban J connectivity index is 3.79. The van der Waals surface area contributed by atoms with E-state index in [2.05, 4.69) is 26.5 Å². The molecule has 0 aliphatic heterocycles. The maximum absolute atomic E-state index is 12.3. The highest BCUT2D eigenvalue weighted by atomic mass is 16.4. The molecule has 2 unspecified atom stereocenters. The molecule has 56 heavy (non-hydrogen) atoms. The van der Waals surface area contributed by atoms with Crippen molar-refractivity contribution in [3.8, 4) is 0 Å². The van der Waals surface area contributed by atoms with Crippen LogP contribution in [-0.2, 0) is 28.8 Å². The minimum absolute atomic E-state index is 0.00556. The summed E-state index contributed by atoms with van der Waals surface area (Å²) in [6.07, 6.45) is 23.1. The number of carboxylic acid groups (broad SMARTS) is 2. The number of hydrogen-bond donors (Lipinski definition) is 8. The van der Waals surface area contributed by atoms with Crippen LogP contribution < -0.4 is 32.2 Å². The smallest absolute Gasteiger partial charge is 0.326 e. The highest BCUT2D eigenvalue weighted by Crippen LogP contribution is 2.14. The van der Waals surface area contributed by atoms with Crippen LogP contribution in [0.25, 0.3) is 0 Å². The molecule has 0 heterocycles. The molecule has 0 spiro atoms. The number of hydrogen-bond acceptors (Lipinski definition) is 8. The summed E-state index contributed by atoms with van der Waals surface area (Å²) >= 11 is 0. The summed E-state index contributed by atoms with van der Waals surface area (Å²) in [4.78, 5) is 71.1. The molecule has 2 radical (unpaired) electrons. The number of carboxylic acids is 2. The maximum atomic E-state index is 12.3. The first kappa shape index (κ1) is 52.8. The lowest BCUT2D eigenvalue weighted by Crippen LogP contribution is -2.41. The van der Waals surface area contributed by atoms with Gasteiger partial charge in [0.1, 0.15) is 6.04 Å². The Morgan fingerprint density at radius 1 is 0.500 bits per heavy atom. The van der Waals surface area contributed by atoms with E-state index >= 15 is 0 Å². The Morgan fingerprint density at radius 3 is 1.41 bits per heavy atom. The van der Waals surface area contributed by atoms with Crippen LogP contribution in [0.4, 0.5) is 0 Å². The minimum atomic E-state index is -1.16. The van der Waals surface area contributed by atoms with Crippen LogP contribution in [0.2, 0.25) is 0 Å². The number of amides is 4. The van der Waals surface area contributed by atoms with E-state index in [-0.39, 0.29) is 55.4 Å². The summed E-state index contributed by atoms with van der Waals surface area (Å²) in [5.74, 6) is -2.65. The van der Waals surface area contributed by atoms with Gasteiger partial charge >= 0.3 is 11.9 Å². The van der Waals surface area contributed by atoms with E-state index in [9.17, 15) is 33.9 Å². The van der Waals surface area contributed by atoms with Crippen molar-refractivity contribution in [2.45, 2.75) is 205 Å². The van der Waals surface area contributed by atoms with Crippen LogP contribution in [0.1, 0.15) is 187 Å². The van der Waals surface area contributed by atoms with Gasteiger partial charge in [0, 0.05) is 45.3 Å². The fraction of sp³-hybridized carbons (Fsp3) is 0.854. The average molecular weight is 793 g/mol. The molecule has 0 saturated carbocycles. The first-order valence-electron chi connectivity index (χ1n) is 21.7. The summed E-state index contributed by atoms with van der Waals surface area (Å²) in [7, 11) is 5.37. The third kappa shape index (κ3) is 35.2. The number of aliphatic carboxylic acids is 2. The molecule has 15 heteroatoms. The molecule has 4 amide bonds. The van der Waals surface area contributed by atoms with Crippen molar-refractivity contribution < 1.29 is 39.0 Å². The highest BCUT2D eigenvalue weighted by molar-refractivity contribution is 6.04. The van der Waals surface area contributed by atoms with Gasteiger partial charge in [-0.2, -0.15) is 0 Å². The van der Waals surface area contributed by atoms with Gasteiger partial charge in [0.05, 0.1) is 6.04 Å². The summed E-state index contributed by atoms with van der Waals surface area (Å²) in [6, 6.07) is -1.49. The predicted octanol–water partition coefficient (Wildman–Crippen LogP) is 5.30. The molecule has 0 aromatic rings. The lowest BCUT2D eigenvalue weighted by molar-refractivity contribution is -0.142. The van der Waals surface area contributed by atoms with Crippen LogP contribution in [-0.4, -0.2) is 91.5 Å². The summed E-state index contributed by atoms with van der Waals surface area (Å²) in [5.41, 5.74) is 6.02. The molecule has 0 aromatic heterocycles. The van der Waals surface area contributed by atoms with E-state index in [0.717, 1.165) is 77.0 Å². The van der Waals surface area contributed by atoms with E-state index in [4.69, 9.17) is 18.8 Å². The van der Waals surface area contributed by atoms with Crippen molar-refractivity contribution in [2.24, 2.45) is 5.73 Å². The Morgan fingerprint density at radius 2 is 0.911 bits per heavy atom. The van der Waals surface area contributed by atoms with Crippen molar-refractivity contribution in [2.75, 3.05) is 19.6 Å². The molecule has 0 aliphatic carbocycles. The van der Waals surface area contributed by atoms with Gasteiger partial charge in [0.25, 0.3) is 0 Å². The zero-order valence-electron chi connectivity index (χ0n) is 34.7. The summed E-state index contributed by atoms with van der Waals surface area (Å²) in [5, 5.41) is 32.0. The van der Waals surface area contributed by atoms with Gasteiger partial charge in [-0.1, -0.05) is 96.8 Å². The molecule has 0 saturated heterocycles. The SMILES string of the molecule is [B]NC(C)CCCCNC(=O)CCCCCNC(=O)C(N)CCCCNC(=O)CC[C@H](NC(=O)CCCCCCCCCCCCCCCCC(=O)O)C(=O)O. The highest BCUT2D eigenvalue weighted by Gasteiger charge is 2.21. The predicted molar refractivity (Wildman–Crippen MR) is 222 cm³/mol. The molecular weight excluding hydrogens is 715 g/mol. The van der Waals surface area contributed by atoms with Gasteiger partial charge in [0.2, 0.25) is 23.6 Å². The third-order valence-corrected chi connectivity index (χ3v) is 9.99. The number of carbonyl (C=O) groups excluding carboxylic acids is 4. The second kappa shape index (κ2) is 37.4. The van der Waals surface area contributed by atoms with Crippen LogP contribution in [0, 0.1) is 0 Å². The van der Waals surface area contributed by atoms with Crippen LogP contribution in [0.3, 0.4) is 0 Å². The van der Waals surface area contributed by atoms with Gasteiger partial charge in [-0.15, -0.1) is 0 Å². The molecule has 0 rings (SSSR count). The second-order valence-corrected chi connectivity index (χ2v) is 15.3. The number of rotatable bonds is 40. The Bertz CT molecular complexity index is 1070. The quantitative estimate of drug-likeness (QED) is 0.0295. The maximum Gasteiger partial charge on any atom is 0.326 e. The first-order valence-corrected chi connectivity index (χ1v) is 21.7. The second-order valence-electron chi connectivity index (χ2n) is 15.3. The zero-order chi connectivity index (χ0) is 41.7. The largest absolute Gasteiger partial charge is 0.481 e. The molecule has 14 nitrogen and oxygen atoms in total. The van der Waals surface area contributed by atoms with Crippen molar-refractivity contribution in [3.63, 3.8) is 0 Å². The summed E-state index contributed by atoms with van der Waals surface area (Å²) in [6.45, 7) is 3.57. The van der Waals surface area contributed by atoms with Gasteiger partial charge in [-0.3, -0.25) is 24.0 Å². The van der Waals surface area contributed by atoms with Gasteiger partial charge in [-0.05, 0) is 70.3 Å². The third-order valence-electron chi connectivity index (χ3n) is 9.99. The van der Waals surface area contributed by atoms with Gasteiger partial charge in [-0.25, -0.2) is 4.79 Å². The molecule has 0 bridgehead atoms. The van der Waals surface area contributed by atoms with Crippen LogP contribution >= 0.6 is 0 Å². The van der Waals surface area contributed by atoms with Crippen molar-refractivity contribution in [3.05, 3.63) is 0 Å². The topological polar surface area (TPSA) is 229 Å². The number of carbonyl (C=O) groups is 6. The summed E-state index contributed by atoms with van der Waals surface area (Å²) < 4.78 is 0. The molecule has 0 fully saturated rings. The van der Waals surface area contributed by atoms with E-state index in [1.807, 2.05) is 6.92 Å². The fourth-order valence-electron chi connectivity index (χ4n) is 6.32. The van der Waals surface area contributed by atoms with E-state index in [1.54, 1.807) is 0 Å². The number of unbranched alkanes of at least 4 members (excludes halogenated alkanes) is 17. The van der Waals surface area contributed by atoms with Crippen LogP contribution in [0.5, 0.6) is 0 Å². The minimum Gasteiger partial charge on any atom is -0.481 e. The standard InChI is InChI=1S/C41H77BN6O8/c1-33(48-42)23-18-21-30-44-36(49)25-16-14-20-32-46-40(54)34(43)24-19-22-31-45-37(50)29-28-35(41(55)56)47-38(51)26-15-12-10-8-6-4-2-3-5-7-9-11-13-17-27-39(52)53/h33-35,48H,2-32,43H2,1H3,(H,44,49)(H,45,50)(H,46,54)(H,47,51)(H,52,53)(H,55,56)/t33?,34?,35-/m0/s1. The molecule has 3 atom stereocenters. The zero-order valence-corrected chi connectivity index (χ0v) is 34.7. The lowest BCUT2D eigenvalue weighted by Gasteiger charge is -2.15. The Kier molecular flexibility index (Phi) is 35.3. The van der Waals surface area contributed by atoms with E-state index < -0.39 is 24.0 Å². The molecule has 9 N–H and O–H groups in total. The van der Waals surface area contributed by atoms with Gasteiger partial charge in [0.15, 0.2) is 7.98 Å². The first-order chi connectivity index (χ1) is 27.0. The lowest BCUT2D eigenvalue weighted by atomic mass is 10.0. The average Bonchev–Trinajstić information content (AvgIpc) is 3.16. The fourth-order valence-corrected chi connectivity index (χ4v) is 6.32. The van der Waals surface area contributed by atoms with Crippen molar-refractivity contribution in [1.29, 1.82) is 0 Å². The van der Waals surface area contributed by atoms with E-state index in [0.29, 0.717) is 51.7 Å². The van der Waals surface area contributed by atoms with E-state index in [1.165, 1.54) is 44.9 Å². The monoisotopic (exact) mass is 793 g/mol. The Labute approximate surface area is 338 Å². The van der Waals surface area contributed by atoms with Gasteiger partial charge < -0.3 is 42.4 Å². The molecule has 0 aromatic carbocycles. The molecular formula is C41H77BN6O8. The molecule has 322 valence electrons. The molecule has 0 aliphatic rings. The number of nitrogens with two attached hydrogens (primary N) is 1. The number of nitrogens with one attached hydrogen (secondary N) is 5.